The van der Waals surface area contributed by atoms with E-state index in [0.717, 1.165) is 12.8 Å². The van der Waals surface area contributed by atoms with Gasteiger partial charge in [-0.3, -0.25) is 9.59 Å². The summed E-state index contributed by atoms with van der Waals surface area (Å²) in [5.74, 6) is -1.23. The van der Waals surface area contributed by atoms with E-state index in [4.69, 9.17) is 10.2 Å². The van der Waals surface area contributed by atoms with Crippen LogP contribution in [0.15, 0.2) is 0 Å². The summed E-state index contributed by atoms with van der Waals surface area (Å²) >= 11 is 0. The van der Waals surface area contributed by atoms with Crippen LogP contribution in [-0.2, 0) is 9.59 Å². The highest BCUT2D eigenvalue weighted by Crippen LogP contribution is 2.44. The van der Waals surface area contributed by atoms with Crippen LogP contribution in [-0.4, -0.2) is 35.2 Å². The lowest BCUT2D eigenvalue weighted by atomic mass is 10.1. The maximum Gasteiger partial charge on any atom is 0.303 e. The van der Waals surface area contributed by atoms with Crippen molar-refractivity contribution in [2.75, 3.05) is 13.2 Å². The lowest BCUT2D eigenvalue weighted by molar-refractivity contribution is -0.138. The Morgan fingerprint density at radius 3 is 2.36 bits per heavy atom. The van der Waals surface area contributed by atoms with Gasteiger partial charge in [0.2, 0.25) is 5.91 Å². The standard InChI is InChI=1S/C9H15NO4/c11-6-9(3-4-9)5-10-7(12)1-2-8(13)14/h11H,1-6H2,(H,10,12)(H,13,14). The van der Waals surface area contributed by atoms with Crippen LogP contribution in [0.3, 0.4) is 0 Å². The van der Waals surface area contributed by atoms with Gasteiger partial charge in [0, 0.05) is 18.4 Å². The summed E-state index contributed by atoms with van der Waals surface area (Å²) in [7, 11) is 0. The van der Waals surface area contributed by atoms with Crippen molar-refractivity contribution in [2.45, 2.75) is 25.7 Å². The number of hydrogen-bond acceptors (Lipinski definition) is 3. The summed E-state index contributed by atoms with van der Waals surface area (Å²) in [5, 5.41) is 19.9. The lowest BCUT2D eigenvalue weighted by Crippen LogP contribution is -2.31. The highest BCUT2D eigenvalue weighted by atomic mass is 16.4. The second-order valence-electron chi connectivity index (χ2n) is 3.83. The Bertz CT molecular complexity index is 235. The molecule has 1 aliphatic rings. The molecular weight excluding hydrogens is 186 g/mol. The van der Waals surface area contributed by atoms with Crippen molar-refractivity contribution >= 4 is 11.9 Å². The molecule has 0 radical (unpaired) electrons. The average molecular weight is 201 g/mol. The molecule has 5 heteroatoms. The van der Waals surface area contributed by atoms with Crippen molar-refractivity contribution in [1.82, 2.24) is 5.32 Å². The average Bonchev–Trinajstić information content (AvgIpc) is 2.92. The monoisotopic (exact) mass is 201 g/mol. The van der Waals surface area contributed by atoms with E-state index in [1.165, 1.54) is 0 Å². The zero-order valence-electron chi connectivity index (χ0n) is 7.95. The number of aliphatic carboxylic acids is 1. The van der Waals surface area contributed by atoms with Crippen LogP contribution in [0.5, 0.6) is 0 Å². The molecule has 1 fully saturated rings. The molecule has 3 N–H and O–H groups in total. The largest absolute Gasteiger partial charge is 0.481 e. The van der Waals surface area contributed by atoms with Crippen molar-refractivity contribution in [1.29, 1.82) is 0 Å². The predicted molar refractivity (Wildman–Crippen MR) is 48.6 cm³/mol. The molecule has 1 saturated carbocycles. The predicted octanol–water partition coefficient (Wildman–Crippen LogP) is -0.260. The van der Waals surface area contributed by atoms with E-state index in [-0.39, 0.29) is 30.8 Å². The molecule has 1 rings (SSSR count). The van der Waals surface area contributed by atoms with E-state index in [1.54, 1.807) is 0 Å². The van der Waals surface area contributed by atoms with Gasteiger partial charge in [0.25, 0.3) is 0 Å². The van der Waals surface area contributed by atoms with Crippen LogP contribution in [0.2, 0.25) is 0 Å². The van der Waals surface area contributed by atoms with Crippen molar-refractivity contribution in [3.8, 4) is 0 Å². The van der Waals surface area contributed by atoms with Crippen LogP contribution >= 0.6 is 0 Å². The van der Waals surface area contributed by atoms with Gasteiger partial charge >= 0.3 is 5.97 Å². The first kappa shape index (κ1) is 11.0. The summed E-state index contributed by atoms with van der Waals surface area (Å²) in [6, 6.07) is 0. The molecule has 0 spiro atoms. The van der Waals surface area contributed by atoms with Gasteiger partial charge in [0.1, 0.15) is 0 Å². The Morgan fingerprint density at radius 2 is 1.93 bits per heavy atom. The number of carbonyl (C=O) groups is 2. The molecule has 5 nitrogen and oxygen atoms in total. The molecule has 0 atom stereocenters. The number of aliphatic hydroxyl groups is 1. The van der Waals surface area contributed by atoms with Crippen LogP contribution in [0, 0.1) is 5.41 Å². The first-order valence-corrected chi connectivity index (χ1v) is 4.67. The van der Waals surface area contributed by atoms with E-state index in [1.807, 2.05) is 0 Å². The highest BCUT2D eigenvalue weighted by Gasteiger charge is 2.41. The van der Waals surface area contributed by atoms with Crippen molar-refractivity contribution in [2.24, 2.45) is 5.41 Å². The SMILES string of the molecule is O=C(O)CCC(=O)NCC1(CO)CC1. The quantitative estimate of drug-likeness (QED) is 0.552. The van der Waals surface area contributed by atoms with Crippen LogP contribution in [0.25, 0.3) is 0 Å². The maximum absolute atomic E-state index is 11.1. The van der Waals surface area contributed by atoms with Gasteiger partial charge in [-0.05, 0) is 12.8 Å². The third kappa shape index (κ3) is 3.33. The van der Waals surface area contributed by atoms with Gasteiger partial charge in [-0.2, -0.15) is 0 Å². The first-order chi connectivity index (χ1) is 6.58. The fraction of sp³-hybridized carbons (Fsp3) is 0.778. The van der Waals surface area contributed by atoms with Gasteiger partial charge in [-0.1, -0.05) is 0 Å². The van der Waals surface area contributed by atoms with Crippen molar-refractivity contribution in [3.63, 3.8) is 0 Å². The number of carbonyl (C=O) groups excluding carboxylic acids is 1. The topological polar surface area (TPSA) is 86.6 Å². The van der Waals surface area contributed by atoms with E-state index < -0.39 is 5.97 Å². The van der Waals surface area contributed by atoms with Gasteiger partial charge in [0.05, 0.1) is 13.0 Å². The molecule has 0 heterocycles. The Morgan fingerprint density at radius 1 is 1.29 bits per heavy atom. The normalized spacial score (nSPS) is 17.5. The number of hydrogen-bond donors (Lipinski definition) is 3. The Hall–Kier alpha value is -1.10. The molecule has 0 bridgehead atoms. The molecule has 1 amide bonds. The molecule has 14 heavy (non-hydrogen) atoms. The Balaban J connectivity index is 2.12. The van der Waals surface area contributed by atoms with Gasteiger partial charge in [-0.15, -0.1) is 0 Å². The number of aliphatic hydroxyl groups excluding tert-OH is 1. The number of rotatable bonds is 6. The summed E-state index contributed by atoms with van der Waals surface area (Å²) < 4.78 is 0. The Labute approximate surface area is 82.1 Å². The number of nitrogens with one attached hydrogen (secondary N) is 1. The van der Waals surface area contributed by atoms with Crippen molar-refractivity contribution in [3.05, 3.63) is 0 Å². The minimum absolute atomic E-state index is 0.0108. The maximum atomic E-state index is 11.1. The van der Waals surface area contributed by atoms with Crippen LogP contribution in [0.1, 0.15) is 25.7 Å². The first-order valence-electron chi connectivity index (χ1n) is 4.67. The van der Waals surface area contributed by atoms with Gasteiger partial charge in [0.15, 0.2) is 0 Å². The summed E-state index contributed by atoms with van der Waals surface area (Å²) in [6.07, 6.45) is 1.74. The van der Waals surface area contributed by atoms with E-state index in [2.05, 4.69) is 5.32 Å². The fourth-order valence-electron chi connectivity index (χ4n) is 1.16. The molecule has 0 aromatic heterocycles. The van der Waals surface area contributed by atoms with Gasteiger partial charge in [-0.25, -0.2) is 0 Å². The Kier molecular flexibility index (Phi) is 3.46. The third-order valence-corrected chi connectivity index (χ3v) is 2.52. The molecule has 0 aliphatic heterocycles. The van der Waals surface area contributed by atoms with Crippen LogP contribution in [0.4, 0.5) is 0 Å². The van der Waals surface area contributed by atoms with E-state index >= 15 is 0 Å². The smallest absolute Gasteiger partial charge is 0.303 e. The molecule has 0 aromatic rings. The molecule has 0 saturated heterocycles. The number of carboxylic acid groups (broad SMARTS) is 1. The molecular formula is C9H15NO4. The number of amides is 1. The summed E-state index contributed by atoms with van der Waals surface area (Å²) in [4.78, 5) is 21.2. The summed E-state index contributed by atoms with van der Waals surface area (Å²) in [5.41, 5.74) is -0.112. The fourth-order valence-corrected chi connectivity index (χ4v) is 1.16. The van der Waals surface area contributed by atoms with Gasteiger partial charge < -0.3 is 15.5 Å². The zero-order chi connectivity index (χ0) is 10.6. The van der Waals surface area contributed by atoms with Crippen molar-refractivity contribution < 1.29 is 19.8 Å². The second kappa shape index (κ2) is 4.41. The minimum Gasteiger partial charge on any atom is -0.481 e. The van der Waals surface area contributed by atoms with Crippen LogP contribution < -0.4 is 5.32 Å². The lowest BCUT2D eigenvalue weighted by Gasteiger charge is -2.11. The van der Waals surface area contributed by atoms with E-state index in [0.29, 0.717) is 6.54 Å². The summed E-state index contributed by atoms with van der Waals surface area (Å²) in [6.45, 7) is 0.550. The zero-order valence-corrected chi connectivity index (χ0v) is 7.95. The number of carboxylic acids is 1. The molecule has 0 aromatic carbocycles. The second-order valence-corrected chi connectivity index (χ2v) is 3.83. The minimum atomic E-state index is -0.969. The molecule has 1 aliphatic carbocycles. The molecule has 0 unspecified atom stereocenters. The highest BCUT2D eigenvalue weighted by molar-refractivity contribution is 5.80. The van der Waals surface area contributed by atoms with E-state index in [9.17, 15) is 9.59 Å². The third-order valence-electron chi connectivity index (χ3n) is 2.52. The molecule has 80 valence electrons.